The van der Waals surface area contributed by atoms with Crippen LogP contribution in [0.1, 0.15) is 21.6 Å². The van der Waals surface area contributed by atoms with Crippen LogP contribution in [0.4, 0.5) is 5.69 Å². The number of hydrogen-bond acceptors (Lipinski definition) is 2. The molecule has 2 aromatic heterocycles. The highest BCUT2D eigenvalue weighted by atomic mass is 35.5. The van der Waals surface area contributed by atoms with E-state index in [-0.39, 0.29) is 16.2 Å². The molecule has 0 saturated heterocycles. The second-order valence-electron chi connectivity index (χ2n) is 4.34. The Morgan fingerprint density at radius 1 is 1.26 bits per heavy atom. The summed E-state index contributed by atoms with van der Waals surface area (Å²) in [5.74, 6) is -0.186. The van der Waals surface area contributed by atoms with Gasteiger partial charge in [-0.05, 0) is 31.5 Å². The SMILES string of the molecule is Cc1cn(C)c(C)c1C(=O)Nc1cc(Cl)nc(Cl)c1. The Morgan fingerprint density at radius 3 is 2.32 bits per heavy atom. The first-order valence-electron chi connectivity index (χ1n) is 5.65. The van der Waals surface area contributed by atoms with Gasteiger partial charge in [0.05, 0.1) is 5.56 Å². The number of rotatable bonds is 2. The first-order valence-corrected chi connectivity index (χ1v) is 6.41. The van der Waals surface area contributed by atoms with Crippen molar-refractivity contribution in [3.8, 4) is 0 Å². The topological polar surface area (TPSA) is 46.9 Å². The lowest BCUT2D eigenvalue weighted by Crippen LogP contribution is -2.14. The van der Waals surface area contributed by atoms with Gasteiger partial charge in [0.15, 0.2) is 0 Å². The fraction of sp³-hybridized carbons (Fsp3) is 0.231. The van der Waals surface area contributed by atoms with Crippen LogP contribution in [-0.2, 0) is 7.05 Å². The van der Waals surface area contributed by atoms with Gasteiger partial charge in [0.1, 0.15) is 10.3 Å². The molecular weight excluding hydrogens is 285 g/mol. The Hall–Kier alpha value is -1.52. The molecule has 1 N–H and O–H groups in total. The van der Waals surface area contributed by atoms with Gasteiger partial charge in [-0.2, -0.15) is 0 Å². The van der Waals surface area contributed by atoms with Crippen LogP contribution in [0.3, 0.4) is 0 Å². The average Bonchev–Trinajstić information content (AvgIpc) is 2.51. The predicted octanol–water partition coefficient (Wildman–Crippen LogP) is 3.60. The molecule has 0 aliphatic heterocycles. The zero-order chi connectivity index (χ0) is 14.2. The zero-order valence-corrected chi connectivity index (χ0v) is 12.3. The van der Waals surface area contributed by atoms with E-state index in [0.29, 0.717) is 11.3 Å². The summed E-state index contributed by atoms with van der Waals surface area (Å²) in [7, 11) is 1.90. The van der Waals surface area contributed by atoms with E-state index >= 15 is 0 Å². The smallest absolute Gasteiger partial charge is 0.257 e. The molecule has 0 bridgehead atoms. The summed E-state index contributed by atoms with van der Waals surface area (Å²) in [6.07, 6.45) is 1.91. The molecule has 0 aliphatic rings. The maximum atomic E-state index is 12.3. The number of hydrogen-bond donors (Lipinski definition) is 1. The van der Waals surface area contributed by atoms with Gasteiger partial charge >= 0.3 is 0 Å². The first-order chi connectivity index (χ1) is 8.88. The third-order valence-corrected chi connectivity index (χ3v) is 3.31. The molecule has 0 atom stereocenters. The monoisotopic (exact) mass is 297 g/mol. The fourth-order valence-corrected chi connectivity index (χ4v) is 2.45. The molecule has 0 fully saturated rings. The van der Waals surface area contributed by atoms with Crippen LogP contribution in [0, 0.1) is 13.8 Å². The molecule has 100 valence electrons. The number of nitrogens with one attached hydrogen (secondary N) is 1. The molecule has 6 heteroatoms. The van der Waals surface area contributed by atoms with Crippen molar-refractivity contribution in [1.29, 1.82) is 0 Å². The largest absolute Gasteiger partial charge is 0.354 e. The highest BCUT2D eigenvalue weighted by molar-refractivity contribution is 6.33. The molecule has 0 unspecified atom stereocenters. The summed E-state index contributed by atoms with van der Waals surface area (Å²) in [5.41, 5.74) is 3.01. The van der Waals surface area contributed by atoms with Crippen LogP contribution in [0.5, 0.6) is 0 Å². The number of nitrogens with zero attached hydrogens (tertiary/aromatic N) is 2. The summed E-state index contributed by atoms with van der Waals surface area (Å²) in [5, 5.41) is 3.25. The predicted molar refractivity (Wildman–Crippen MR) is 77.1 cm³/mol. The molecule has 2 aromatic rings. The highest BCUT2D eigenvalue weighted by Gasteiger charge is 2.16. The molecule has 1 amide bonds. The molecule has 19 heavy (non-hydrogen) atoms. The minimum Gasteiger partial charge on any atom is -0.354 e. The van der Waals surface area contributed by atoms with Crippen LogP contribution >= 0.6 is 23.2 Å². The second kappa shape index (κ2) is 5.23. The van der Waals surface area contributed by atoms with Gasteiger partial charge in [-0.15, -0.1) is 0 Å². The van der Waals surface area contributed by atoms with Crippen molar-refractivity contribution in [2.75, 3.05) is 5.32 Å². The standard InChI is InChI=1S/C13H13Cl2N3O/c1-7-6-18(3)8(2)12(7)13(19)16-9-4-10(14)17-11(15)5-9/h4-6H,1-3H3,(H,16,17,19). The lowest BCUT2D eigenvalue weighted by molar-refractivity contribution is 0.102. The summed E-state index contributed by atoms with van der Waals surface area (Å²) < 4.78 is 1.91. The molecule has 0 spiro atoms. The third kappa shape index (κ3) is 2.91. The van der Waals surface area contributed by atoms with Crippen LogP contribution in [0.2, 0.25) is 10.3 Å². The molecule has 0 aliphatic carbocycles. The van der Waals surface area contributed by atoms with E-state index in [1.807, 2.05) is 31.7 Å². The van der Waals surface area contributed by atoms with Gasteiger partial charge < -0.3 is 9.88 Å². The summed E-state index contributed by atoms with van der Waals surface area (Å²) >= 11 is 11.6. The Labute approximate surface area is 121 Å². The number of aryl methyl sites for hydroxylation is 2. The summed E-state index contributed by atoms with van der Waals surface area (Å²) in [6.45, 7) is 3.79. The molecular formula is C13H13Cl2N3O. The maximum absolute atomic E-state index is 12.3. The zero-order valence-electron chi connectivity index (χ0n) is 10.8. The van der Waals surface area contributed by atoms with Gasteiger partial charge in [0.25, 0.3) is 5.91 Å². The molecule has 0 saturated carbocycles. The number of amides is 1. The van der Waals surface area contributed by atoms with Crippen LogP contribution in [-0.4, -0.2) is 15.5 Å². The van der Waals surface area contributed by atoms with Crippen LogP contribution in [0.25, 0.3) is 0 Å². The van der Waals surface area contributed by atoms with Crippen molar-refractivity contribution in [2.24, 2.45) is 7.05 Å². The molecule has 2 heterocycles. The van der Waals surface area contributed by atoms with E-state index in [9.17, 15) is 4.79 Å². The lowest BCUT2D eigenvalue weighted by atomic mass is 10.1. The Bertz CT molecular complexity index is 629. The number of anilines is 1. The lowest BCUT2D eigenvalue weighted by Gasteiger charge is -2.07. The van der Waals surface area contributed by atoms with Crippen molar-refractivity contribution in [3.05, 3.63) is 45.5 Å². The van der Waals surface area contributed by atoms with Crippen molar-refractivity contribution in [3.63, 3.8) is 0 Å². The van der Waals surface area contributed by atoms with Gasteiger partial charge in [0, 0.05) is 24.6 Å². The Morgan fingerprint density at radius 2 is 1.84 bits per heavy atom. The third-order valence-electron chi connectivity index (χ3n) is 2.92. The average molecular weight is 298 g/mol. The maximum Gasteiger partial charge on any atom is 0.257 e. The first kappa shape index (κ1) is 13.9. The van der Waals surface area contributed by atoms with Crippen LogP contribution in [0.15, 0.2) is 18.3 Å². The van der Waals surface area contributed by atoms with E-state index < -0.39 is 0 Å². The van der Waals surface area contributed by atoms with Gasteiger partial charge in [0.2, 0.25) is 0 Å². The van der Waals surface area contributed by atoms with Crippen molar-refractivity contribution < 1.29 is 4.79 Å². The number of carbonyl (C=O) groups excluding carboxylic acids is 1. The van der Waals surface area contributed by atoms with Gasteiger partial charge in [-0.1, -0.05) is 23.2 Å². The Kier molecular flexibility index (Phi) is 3.83. The van der Waals surface area contributed by atoms with E-state index in [4.69, 9.17) is 23.2 Å². The minimum atomic E-state index is -0.186. The van der Waals surface area contributed by atoms with Crippen molar-refractivity contribution in [2.45, 2.75) is 13.8 Å². The fourth-order valence-electron chi connectivity index (χ4n) is 1.99. The highest BCUT2D eigenvalue weighted by Crippen LogP contribution is 2.21. The van der Waals surface area contributed by atoms with E-state index in [2.05, 4.69) is 10.3 Å². The molecule has 2 rings (SSSR count). The van der Waals surface area contributed by atoms with Crippen molar-refractivity contribution in [1.82, 2.24) is 9.55 Å². The molecule has 4 nitrogen and oxygen atoms in total. The molecule has 0 radical (unpaired) electrons. The van der Waals surface area contributed by atoms with E-state index in [1.54, 1.807) is 12.1 Å². The minimum absolute atomic E-state index is 0.186. The number of aromatic nitrogens is 2. The number of pyridine rings is 1. The van der Waals surface area contributed by atoms with Crippen LogP contribution < -0.4 is 5.32 Å². The quantitative estimate of drug-likeness (QED) is 0.861. The summed E-state index contributed by atoms with van der Waals surface area (Å²) in [4.78, 5) is 16.1. The van der Waals surface area contributed by atoms with Gasteiger partial charge in [-0.25, -0.2) is 4.98 Å². The number of halogens is 2. The number of carbonyl (C=O) groups is 1. The Balaban J connectivity index is 2.30. The van der Waals surface area contributed by atoms with Crippen molar-refractivity contribution >= 4 is 34.8 Å². The normalized spacial score (nSPS) is 10.6. The molecule has 0 aromatic carbocycles. The summed E-state index contributed by atoms with van der Waals surface area (Å²) in [6, 6.07) is 3.11. The van der Waals surface area contributed by atoms with E-state index in [1.165, 1.54) is 0 Å². The van der Waals surface area contributed by atoms with E-state index in [0.717, 1.165) is 11.3 Å². The van der Waals surface area contributed by atoms with Gasteiger partial charge in [-0.3, -0.25) is 4.79 Å². The second-order valence-corrected chi connectivity index (χ2v) is 5.11.